The summed E-state index contributed by atoms with van der Waals surface area (Å²) in [5.74, 6) is -0.328. The molecular formula is C12H18N4O3. The maximum atomic E-state index is 12.4. The summed E-state index contributed by atoms with van der Waals surface area (Å²) in [7, 11) is 0. The van der Waals surface area contributed by atoms with E-state index in [1.54, 1.807) is 4.90 Å². The van der Waals surface area contributed by atoms with Crippen LogP contribution in [0.3, 0.4) is 0 Å². The first kappa shape index (κ1) is 13.5. The maximum absolute atomic E-state index is 12.4. The third kappa shape index (κ3) is 2.93. The zero-order chi connectivity index (χ0) is 13.8. The van der Waals surface area contributed by atoms with E-state index in [9.17, 15) is 14.9 Å². The number of aromatic nitrogens is 1. The molecule has 19 heavy (non-hydrogen) atoms. The SMILES string of the molecule is CCN(C(=O)c1ccc([N+](=O)[O-])[nH]1)C1CCCNC1. The Morgan fingerprint density at radius 1 is 1.58 bits per heavy atom. The third-order valence-electron chi connectivity index (χ3n) is 3.41. The minimum absolute atomic E-state index is 0.152. The van der Waals surface area contributed by atoms with E-state index in [2.05, 4.69) is 10.3 Å². The standard InChI is InChI=1S/C12H18N4O3/c1-2-15(9-4-3-7-13-8-9)12(17)10-5-6-11(14-10)16(18)19/h5-6,9,13-14H,2-4,7-8H2,1H3. The Bertz CT molecular complexity index is 465. The highest BCUT2D eigenvalue weighted by molar-refractivity contribution is 5.93. The Balaban J connectivity index is 2.12. The van der Waals surface area contributed by atoms with E-state index in [1.165, 1.54) is 12.1 Å². The summed E-state index contributed by atoms with van der Waals surface area (Å²) >= 11 is 0. The topological polar surface area (TPSA) is 91.3 Å². The Morgan fingerprint density at radius 3 is 2.89 bits per heavy atom. The molecule has 1 aliphatic heterocycles. The van der Waals surface area contributed by atoms with Crippen molar-refractivity contribution in [2.45, 2.75) is 25.8 Å². The lowest BCUT2D eigenvalue weighted by Crippen LogP contribution is -2.48. The fraction of sp³-hybridized carbons (Fsp3) is 0.583. The number of amides is 1. The van der Waals surface area contributed by atoms with Gasteiger partial charge in [0.2, 0.25) is 0 Å². The van der Waals surface area contributed by atoms with E-state index < -0.39 is 4.92 Å². The number of rotatable bonds is 4. The highest BCUT2D eigenvalue weighted by atomic mass is 16.6. The van der Waals surface area contributed by atoms with Crippen molar-refractivity contribution in [3.05, 3.63) is 27.9 Å². The largest absolute Gasteiger partial charge is 0.358 e. The Hall–Kier alpha value is -1.89. The highest BCUT2D eigenvalue weighted by Crippen LogP contribution is 2.16. The second-order valence-electron chi connectivity index (χ2n) is 4.61. The first-order valence-electron chi connectivity index (χ1n) is 6.48. The molecule has 7 heteroatoms. The summed E-state index contributed by atoms with van der Waals surface area (Å²) in [5, 5.41) is 13.9. The lowest BCUT2D eigenvalue weighted by molar-refractivity contribution is -0.389. The van der Waals surface area contributed by atoms with Crippen LogP contribution in [0.4, 0.5) is 5.82 Å². The fourth-order valence-corrected chi connectivity index (χ4v) is 2.44. The average Bonchev–Trinajstić information content (AvgIpc) is 2.90. The van der Waals surface area contributed by atoms with Crippen LogP contribution in [0.2, 0.25) is 0 Å². The quantitative estimate of drug-likeness (QED) is 0.631. The van der Waals surface area contributed by atoms with Gasteiger partial charge in [-0.1, -0.05) is 0 Å². The van der Waals surface area contributed by atoms with E-state index in [-0.39, 0.29) is 23.5 Å². The molecule has 7 nitrogen and oxygen atoms in total. The van der Waals surface area contributed by atoms with Crippen molar-refractivity contribution in [3.63, 3.8) is 0 Å². The predicted octanol–water partition coefficient (Wildman–Crippen LogP) is 1.14. The first-order chi connectivity index (χ1) is 9.13. The molecule has 0 aliphatic carbocycles. The number of aromatic amines is 1. The zero-order valence-electron chi connectivity index (χ0n) is 10.9. The van der Waals surface area contributed by atoms with Crippen molar-refractivity contribution in [2.24, 2.45) is 0 Å². The van der Waals surface area contributed by atoms with Crippen LogP contribution >= 0.6 is 0 Å². The molecule has 0 saturated carbocycles. The van der Waals surface area contributed by atoms with Gasteiger partial charge in [-0.25, -0.2) is 4.98 Å². The van der Waals surface area contributed by atoms with Crippen LogP contribution in [-0.2, 0) is 0 Å². The van der Waals surface area contributed by atoms with Crippen LogP contribution in [0, 0.1) is 10.1 Å². The van der Waals surface area contributed by atoms with Crippen LogP contribution < -0.4 is 5.32 Å². The van der Waals surface area contributed by atoms with Gasteiger partial charge in [-0.2, -0.15) is 0 Å². The molecule has 1 aromatic rings. The van der Waals surface area contributed by atoms with Gasteiger partial charge in [-0.05, 0) is 37.3 Å². The normalized spacial score (nSPS) is 19.1. The van der Waals surface area contributed by atoms with Crippen molar-refractivity contribution in [1.29, 1.82) is 0 Å². The summed E-state index contributed by atoms with van der Waals surface area (Å²) in [5.41, 5.74) is 0.277. The number of carbonyl (C=O) groups is 1. The molecule has 1 atom stereocenters. The van der Waals surface area contributed by atoms with Crippen LogP contribution in [0.5, 0.6) is 0 Å². The molecule has 1 fully saturated rings. The van der Waals surface area contributed by atoms with E-state index in [1.807, 2.05) is 6.92 Å². The van der Waals surface area contributed by atoms with Crippen molar-refractivity contribution >= 4 is 11.7 Å². The van der Waals surface area contributed by atoms with Crippen molar-refractivity contribution in [2.75, 3.05) is 19.6 Å². The van der Waals surface area contributed by atoms with Gasteiger partial charge in [-0.15, -0.1) is 0 Å². The molecule has 1 unspecified atom stereocenters. The first-order valence-corrected chi connectivity index (χ1v) is 6.48. The monoisotopic (exact) mass is 266 g/mol. The number of nitro groups is 1. The summed E-state index contributed by atoms with van der Waals surface area (Å²) < 4.78 is 0. The zero-order valence-corrected chi connectivity index (χ0v) is 10.9. The minimum Gasteiger partial charge on any atom is -0.358 e. The summed E-state index contributed by atoms with van der Waals surface area (Å²) in [6, 6.07) is 2.95. The van der Waals surface area contributed by atoms with E-state index in [4.69, 9.17) is 0 Å². The van der Waals surface area contributed by atoms with Crippen molar-refractivity contribution < 1.29 is 9.72 Å². The van der Waals surface area contributed by atoms with Gasteiger partial charge in [0.15, 0.2) is 5.69 Å². The van der Waals surface area contributed by atoms with Gasteiger partial charge in [0.1, 0.15) is 0 Å². The smallest absolute Gasteiger partial charge is 0.321 e. The molecule has 2 heterocycles. The van der Waals surface area contributed by atoms with Gasteiger partial charge in [0.25, 0.3) is 5.91 Å². The van der Waals surface area contributed by atoms with E-state index in [0.29, 0.717) is 6.54 Å². The molecule has 0 bridgehead atoms. The molecule has 104 valence electrons. The Kier molecular flexibility index (Phi) is 4.16. The second-order valence-corrected chi connectivity index (χ2v) is 4.61. The number of hydrogen-bond donors (Lipinski definition) is 2. The van der Waals surface area contributed by atoms with Gasteiger partial charge in [0, 0.05) is 25.2 Å². The molecular weight excluding hydrogens is 248 g/mol. The molecule has 1 aromatic heterocycles. The number of likely N-dealkylation sites (N-methyl/N-ethyl adjacent to an activating group) is 1. The lowest BCUT2D eigenvalue weighted by Gasteiger charge is -2.33. The van der Waals surface area contributed by atoms with Gasteiger partial charge >= 0.3 is 5.82 Å². The van der Waals surface area contributed by atoms with Crippen molar-refractivity contribution in [3.8, 4) is 0 Å². The Labute approximate surface area is 111 Å². The number of hydrogen-bond acceptors (Lipinski definition) is 4. The van der Waals surface area contributed by atoms with Crippen LogP contribution in [0.25, 0.3) is 0 Å². The summed E-state index contributed by atoms with van der Waals surface area (Å²) in [4.78, 5) is 26.8. The molecule has 2 rings (SSSR count). The molecule has 2 N–H and O–H groups in total. The maximum Gasteiger partial charge on any atom is 0.321 e. The lowest BCUT2D eigenvalue weighted by atomic mass is 10.1. The molecule has 1 amide bonds. The van der Waals surface area contributed by atoms with Crippen LogP contribution in [0.15, 0.2) is 12.1 Å². The molecule has 0 spiro atoms. The fourth-order valence-electron chi connectivity index (χ4n) is 2.44. The van der Waals surface area contributed by atoms with Gasteiger partial charge in [-0.3, -0.25) is 4.79 Å². The highest BCUT2D eigenvalue weighted by Gasteiger charge is 2.27. The minimum atomic E-state index is -0.533. The third-order valence-corrected chi connectivity index (χ3v) is 3.41. The molecule has 0 radical (unpaired) electrons. The average molecular weight is 266 g/mol. The van der Waals surface area contributed by atoms with Gasteiger partial charge < -0.3 is 20.3 Å². The van der Waals surface area contributed by atoms with Crippen molar-refractivity contribution in [1.82, 2.24) is 15.2 Å². The van der Waals surface area contributed by atoms with Crippen LogP contribution in [-0.4, -0.2) is 46.4 Å². The predicted molar refractivity (Wildman–Crippen MR) is 70.0 cm³/mol. The van der Waals surface area contributed by atoms with E-state index in [0.717, 1.165) is 25.9 Å². The number of carbonyl (C=O) groups excluding carboxylic acids is 1. The Morgan fingerprint density at radius 2 is 2.37 bits per heavy atom. The number of nitrogens with one attached hydrogen (secondary N) is 2. The van der Waals surface area contributed by atoms with Gasteiger partial charge in [0.05, 0.1) is 0 Å². The second kappa shape index (κ2) is 5.83. The number of piperidine rings is 1. The molecule has 1 saturated heterocycles. The number of nitrogens with zero attached hydrogens (tertiary/aromatic N) is 2. The van der Waals surface area contributed by atoms with E-state index >= 15 is 0 Å². The molecule has 1 aliphatic rings. The molecule has 0 aromatic carbocycles. The number of H-pyrrole nitrogens is 1. The summed E-state index contributed by atoms with van der Waals surface area (Å²) in [6.45, 7) is 4.28. The summed E-state index contributed by atoms with van der Waals surface area (Å²) in [6.07, 6.45) is 2.01. The van der Waals surface area contributed by atoms with Crippen LogP contribution in [0.1, 0.15) is 30.3 Å².